The van der Waals surface area contributed by atoms with Gasteiger partial charge in [-0.3, -0.25) is 4.68 Å². The van der Waals surface area contributed by atoms with Gasteiger partial charge < -0.3 is 5.73 Å². The summed E-state index contributed by atoms with van der Waals surface area (Å²) in [4.78, 5) is 0. The fourth-order valence-corrected chi connectivity index (χ4v) is 2.38. The first-order valence-electron chi connectivity index (χ1n) is 5.25. The SMILES string of the molecule is Cn1ncc(Cl)c1C(N)Cc1ccc(Br)cc1. The minimum Gasteiger partial charge on any atom is -0.322 e. The molecule has 0 amide bonds. The van der Waals surface area contributed by atoms with E-state index in [0.29, 0.717) is 5.02 Å². The fraction of sp³-hybridized carbons (Fsp3) is 0.250. The van der Waals surface area contributed by atoms with Crippen LogP contribution in [0.15, 0.2) is 34.9 Å². The van der Waals surface area contributed by atoms with Gasteiger partial charge in [0.1, 0.15) is 0 Å². The molecule has 1 unspecified atom stereocenters. The van der Waals surface area contributed by atoms with Crippen LogP contribution in [0, 0.1) is 0 Å². The van der Waals surface area contributed by atoms with Gasteiger partial charge in [-0.25, -0.2) is 0 Å². The van der Waals surface area contributed by atoms with E-state index in [9.17, 15) is 0 Å². The Hall–Kier alpha value is -0.840. The van der Waals surface area contributed by atoms with E-state index in [1.54, 1.807) is 10.9 Å². The molecule has 1 heterocycles. The van der Waals surface area contributed by atoms with E-state index >= 15 is 0 Å². The third-order valence-corrected chi connectivity index (χ3v) is 3.48. The molecule has 0 saturated carbocycles. The van der Waals surface area contributed by atoms with Crippen LogP contribution in [-0.4, -0.2) is 9.78 Å². The summed E-state index contributed by atoms with van der Waals surface area (Å²) >= 11 is 9.47. The first-order chi connectivity index (χ1) is 8.08. The van der Waals surface area contributed by atoms with E-state index in [1.807, 2.05) is 31.3 Å². The van der Waals surface area contributed by atoms with Gasteiger partial charge in [-0.2, -0.15) is 5.10 Å². The summed E-state index contributed by atoms with van der Waals surface area (Å²) in [5.74, 6) is 0. The number of rotatable bonds is 3. The zero-order valence-corrected chi connectivity index (χ0v) is 11.7. The molecule has 0 bridgehead atoms. The summed E-state index contributed by atoms with van der Waals surface area (Å²) in [5.41, 5.74) is 8.20. The molecule has 5 heteroatoms. The van der Waals surface area contributed by atoms with Crippen LogP contribution in [0.4, 0.5) is 0 Å². The Morgan fingerprint density at radius 2 is 2.06 bits per heavy atom. The van der Waals surface area contributed by atoms with Gasteiger partial charge in [0.2, 0.25) is 0 Å². The second-order valence-corrected chi connectivity index (χ2v) is 5.26. The first kappa shape index (κ1) is 12.6. The Bertz CT molecular complexity index is 487. The molecule has 1 atom stereocenters. The van der Waals surface area contributed by atoms with E-state index in [-0.39, 0.29) is 6.04 Å². The van der Waals surface area contributed by atoms with Crippen molar-refractivity contribution in [3.05, 3.63) is 51.2 Å². The maximum atomic E-state index is 6.15. The Morgan fingerprint density at radius 3 is 2.59 bits per heavy atom. The predicted octanol–water partition coefficient (Wildman–Crippen LogP) is 3.08. The van der Waals surface area contributed by atoms with Crippen LogP contribution in [0.3, 0.4) is 0 Å². The third kappa shape index (κ3) is 2.89. The van der Waals surface area contributed by atoms with Crippen molar-refractivity contribution in [1.82, 2.24) is 9.78 Å². The highest BCUT2D eigenvalue weighted by Crippen LogP contribution is 2.23. The van der Waals surface area contributed by atoms with E-state index in [2.05, 4.69) is 21.0 Å². The summed E-state index contributed by atoms with van der Waals surface area (Å²) in [6, 6.07) is 7.97. The summed E-state index contributed by atoms with van der Waals surface area (Å²) in [6.07, 6.45) is 2.37. The van der Waals surface area contributed by atoms with Crippen LogP contribution in [0.1, 0.15) is 17.3 Å². The molecule has 1 aromatic heterocycles. The van der Waals surface area contributed by atoms with Gasteiger partial charge in [0.05, 0.1) is 23.0 Å². The summed E-state index contributed by atoms with van der Waals surface area (Å²) < 4.78 is 2.79. The van der Waals surface area contributed by atoms with Gasteiger partial charge in [0, 0.05) is 11.5 Å². The average Bonchev–Trinajstić information content (AvgIpc) is 2.62. The number of hydrogen-bond acceptors (Lipinski definition) is 2. The lowest BCUT2D eigenvalue weighted by atomic mass is 10.0. The van der Waals surface area contributed by atoms with Crippen LogP contribution in [0.2, 0.25) is 5.02 Å². The lowest BCUT2D eigenvalue weighted by molar-refractivity contribution is 0.617. The molecule has 3 nitrogen and oxygen atoms in total. The van der Waals surface area contributed by atoms with Gasteiger partial charge in [-0.1, -0.05) is 39.7 Å². The largest absolute Gasteiger partial charge is 0.322 e. The van der Waals surface area contributed by atoms with Crippen molar-refractivity contribution < 1.29 is 0 Å². The first-order valence-corrected chi connectivity index (χ1v) is 6.42. The van der Waals surface area contributed by atoms with Crippen molar-refractivity contribution in [3.63, 3.8) is 0 Å². The molecule has 2 N–H and O–H groups in total. The lowest BCUT2D eigenvalue weighted by Gasteiger charge is -2.13. The van der Waals surface area contributed by atoms with E-state index in [4.69, 9.17) is 17.3 Å². The number of nitrogens with two attached hydrogens (primary N) is 1. The number of nitrogens with zero attached hydrogens (tertiary/aromatic N) is 2. The third-order valence-electron chi connectivity index (χ3n) is 2.66. The Kier molecular flexibility index (Phi) is 3.86. The van der Waals surface area contributed by atoms with E-state index in [1.165, 1.54) is 5.56 Å². The highest BCUT2D eigenvalue weighted by atomic mass is 79.9. The number of hydrogen-bond donors (Lipinski definition) is 1. The average molecular weight is 315 g/mol. The van der Waals surface area contributed by atoms with Crippen LogP contribution in [0.5, 0.6) is 0 Å². The molecule has 0 aliphatic carbocycles. The molecule has 1 aromatic carbocycles. The highest BCUT2D eigenvalue weighted by molar-refractivity contribution is 9.10. The van der Waals surface area contributed by atoms with E-state index < -0.39 is 0 Å². The lowest BCUT2D eigenvalue weighted by Crippen LogP contribution is -2.17. The molecule has 90 valence electrons. The summed E-state index contributed by atoms with van der Waals surface area (Å²) in [6.45, 7) is 0. The maximum Gasteiger partial charge on any atom is 0.0834 e. The Labute approximate surface area is 114 Å². The van der Waals surface area contributed by atoms with Crippen LogP contribution in [-0.2, 0) is 13.5 Å². The van der Waals surface area contributed by atoms with Crippen molar-refractivity contribution in [3.8, 4) is 0 Å². The van der Waals surface area contributed by atoms with Crippen molar-refractivity contribution in [1.29, 1.82) is 0 Å². The van der Waals surface area contributed by atoms with Gasteiger partial charge >= 0.3 is 0 Å². The molecule has 2 aromatic rings. The van der Waals surface area contributed by atoms with Gasteiger partial charge in [0.25, 0.3) is 0 Å². The fourth-order valence-electron chi connectivity index (χ4n) is 1.81. The van der Waals surface area contributed by atoms with Crippen molar-refractivity contribution in [2.45, 2.75) is 12.5 Å². The zero-order chi connectivity index (χ0) is 12.4. The number of aromatic nitrogens is 2. The number of halogens is 2. The smallest absolute Gasteiger partial charge is 0.0834 e. The molecule has 0 fully saturated rings. The highest BCUT2D eigenvalue weighted by Gasteiger charge is 2.15. The minimum absolute atomic E-state index is 0.142. The molecular formula is C12H13BrClN3. The molecule has 0 aliphatic rings. The zero-order valence-electron chi connectivity index (χ0n) is 9.40. The predicted molar refractivity (Wildman–Crippen MR) is 73.0 cm³/mol. The topological polar surface area (TPSA) is 43.8 Å². The normalized spacial score (nSPS) is 12.7. The molecule has 2 rings (SSSR count). The Morgan fingerprint density at radius 1 is 1.41 bits per heavy atom. The quantitative estimate of drug-likeness (QED) is 0.946. The van der Waals surface area contributed by atoms with Crippen molar-refractivity contribution in [2.24, 2.45) is 12.8 Å². The van der Waals surface area contributed by atoms with Crippen molar-refractivity contribution >= 4 is 27.5 Å². The monoisotopic (exact) mass is 313 g/mol. The van der Waals surface area contributed by atoms with Crippen LogP contribution >= 0.6 is 27.5 Å². The minimum atomic E-state index is -0.142. The Balaban J connectivity index is 2.17. The number of benzene rings is 1. The molecule has 0 aliphatic heterocycles. The summed E-state index contributed by atoms with van der Waals surface area (Å²) in [7, 11) is 1.85. The molecule has 0 saturated heterocycles. The van der Waals surface area contributed by atoms with E-state index in [0.717, 1.165) is 16.6 Å². The number of aryl methyl sites for hydroxylation is 1. The summed E-state index contributed by atoms with van der Waals surface area (Å²) in [5, 5.41) is 4.71. The van der Waals surface area contributed by atoms with Gasteiger partial charge in [-0.05, 0) is 24.1 Å². The van der Waals surface area contributed by atoms with Crippen LogP contribution in [0.25, 0.3) is 0 Å². The van der Waals surface area contributed by atoms with Crippen molar-refractivity contribution in [2.75, 3.05) is 0 Å². The molecule has 0 radical (unpaired) electrons. The maximum absolute atomic E-state index is 6.15. The second-order valence-electron chi connectivity index (χ2n) is 3.94. The molecular weight excluding hydrogens is 302 g/mol. The van der Waals surface area contributed by atoms with Gasteiger partial charge in [-0.15, -0.1) is 0 Å². The standard InChI is InChI=1S/C12H13BrClN3/c1-17-12(10(14)7-16-17)11(15)6-8-2-4-9(13)5-3-8/h2-5,7,11H,6,15H2,1H3. The molecule has 17 heavy (non-hydrogen) atoms. The molecule has 0 spiro atoms. The van der Waals surface area contributed by atoms with Crippen LogP contribution < -0.4 is 5.73 Å². The van der Waals surface area contributed by atoms with Gasteiger partial charge in [0.15, 0.2) is 0 Å². The second kappa shape index (κ2) is 5.21.